The average Bonchev–Trinajstić information content (AvgIpc) is 2.98. The molecule has 0 saturated heterocycles. The lowest BCUT2D eigenvalue weighted by Crippen LogP contribution is -2.12. The van der Waals surface area contributed by atoms with E-state index in [0.29, 0.717) is 6.42 Å². The van der Waals surface area contributed by atoms with Crippen molar-refractivity contribution in [3.8, 4) is 0 Å². The monoisotopic (exact) mass is 373 g/mol. The third kappa shape index (κ3) is 3.90. The Morgan fingerprint density at radius 2 is 1.88 bits per heavy atom. The van der Waals surface area contributed by atoms with Gasteiger partial charge < -0.3 is 4.57 Å². The lowest BCUT2D eigenvalue weighted by atomic mass is 10.2. The molecule has 138 valence electrons. The van der Waals surface area contributed by atoms with Gasteiger partial charge in [-0.15, -0.1) is 0 Å². The Labute approximate surface area is 153 Å². The van der Waals surface area contributed by atoms with Gasteiger partial charge in [-0.05, 0) is 37.8 Å². The minimum atomic E-state index is -3.43. The summed E-state index contributed by atoms with van der Waals surface area (Å²) in [5, 5.41) is -0.0957. The molecule has 3 heterocycles. The smallest absolute Gasteiger partial charge is 0.246 e. The van der Waals surface area contributed by atoms with E-state index in [1.54, 1.807) is 12.3 Å². The van der Waals surface area contributed by atoms with Crippen LogP contribution in [0.4, 0.5) is 0 Å². The third-order valence-electron chi connectivity index (χ3n) is 4.25. The highest BCUT2D eigenvalue weighted by molar-refractivity contribution is 7.91. The molecular weight excluding hydrogens is 350 g/mol. The number of imidazole rings is 1. The van der Waals surface area contributed by atoms with Gasteiger partial charge in [0.15, 0.2) is 0 Å². The molecule has 0 spiro atoms. The number of nitrogens with zero attached hydrogens (tertiary/aromatic N) is 5. The predicted molar refractivity (Wildman–Crippen MR) is 99.6 cm³/mol. The number of aromatic nitrogens is 5. The quantitative estimate of drug-likeness (QED) is 0.445. The normalized spacial score (nSPS) is 11.9. The topological polar surface area (TPSA) is 90.6 Å². The van der Waals surface area contributed by atoms with Crippen LogP contribution in [0.3, 0.4) is 0 Å². The first kappa shape index (κ1) is 18.4. The molecule has 0 unspecified atom stereocenters. The second-order valence-corrected chi connectivity index (χ2v) is 8.31. The van der Waals surface area contributed by atoms with Gasteiger partial charge in [0.1, 0.15) is 11.3 Å². The van der Waals surface area contributed by atoms with E-state index in [2.05, 4.69) is 26.4 Å². The molecule has 0 atom stereocenters. The molecule has 3 aromatic rings. The second-order valence-electron chi connectivity index (χ2n) is 6.31. The van der Waals surface area contributed by atoms with Gasteiger partial charge in [0, 0.05) is 31.6 Å². The molecule has 0 radical (unpaired) electrons. The van der Waals surface area contributed by atoms with Crippen LogP contribution >= 0.6 is 0 Å². The molecule has 0 aliphatic heterocycles. The second kappa shape index (κ2) is 7.90. The zero-order valence-electron chi connectivity index (χ0n) is 15.1. The molecule has 0 fully saturated rings. The summed E-state index contributed by atoms with van der Waals surface area (Å²) in [6.45, 7) is 4.89. The zero-order chi connectivity index (χ0) is 18.6. The summed E-state index contributed by atoms with van der Waals surface area (Å²) in [5.41, 5.74) is 3.08. The van der Waals surface area contributed by atoms with Crippen LogP contribution < -0.4 is 0 Å². The largest absolute Gasteiger partial charge is 0.328 e. The van der Waals surface area contributed by atoms with Crippen molar-refractivity contribution < 1.29 is 8.42 Å². The van der Waals surface area contributed by atoms with Crippen molar-refractivity contribution >= 4 is 20.9 Å². The molecule has 7 nitrogen and oxygen atoms in total. The van der Waals surface area contributed by atoms with Crippen LogP contribution in [-0.2, 0) is 22.8 Å². The van der Waals surface area contributed by atoms with Crippen molar-refractivity contribution in [3.05, 3.63) is 42.2 Å². The van der Waals surface area contributed by atoms with Crippen LogP contribution in [0.5, 0.6) is 0 Å². The molecule has 0 saturated carbocycles. The molecule has 0 aromatic carbocycles. The Kier molecular flexibility index (Phi) is 5.61. The molecule has 8 heteroatoms. The number of fused-ring (bicyclic) bond motifs is 1. The van der Waals surface area contributed by atoms with Crippen LogP contribution in [0.15, 0.2) is 36.0 Å². The number of rotatable bonds is 8. The maximum Gasteiger partial charge on any atom is 0.246 e. The first-order valence-corrected chi connectivity index (χ1v) is 10.5. The number of pyridine rings is 1. The first-order valence-electron chi connectivity index (χ1n) is 8.82. The summed E-state index contributed by atoms with van der Waals surface area (Å²) in [4.78, 5) is 16.6. The van der Waals surface area contributed by atoms with Crippen molar-refractivity contribution in [2.24, 2.45) is 0 Å². The van der Waals surface area contributed by atoms with Gasteiger partial charge >= 0.3 is 0 Å². The molecule has 0 amide bonds. The molecule has 0 aliphatic carbocycles. The standard InChI is InChI=1S/C18H23N5O2S/c1-3-7-16-22-15-13-19-12-14(2)17(15)23(16)10-4-5-11-26(24,25)18-20-8-6-9-21-18/h6,8-9,12-13H,3-5,7,10-11H2,1-2H3. The van der Waals surface area contributed by atoms with E-state index in [9.17, 15) is 8.42 Å². The number of hydrogen-bond donors (Lipinski definition) is 0. The molecular formula is C18H23N5O2S. The maximum absolute atomic E-state index is 12.3. The van der Waals surface area contributed by atoms with Gasteiger partial charge in [-0.1, -0.05) is 6.92 Å². The minimum Gasteiger partial charge on any atom is -0.328 e. The van der Waals surface area contributed by atoms with Crippen LogP contribution in [0, 0.1) is 6.92 Å². The van der Waals surface area contributed by atoms with E-state index in [-0.39, 0.29) is 10.9 Å². The van der Waals surface area contributed by atoms with E-state index in [0.717, 1.165) is 48.2 Å². The lowest BCUT2D eigenvalue weighted by Gasteiger charge is -2.10. The number of unbranched alkanes of at least 4 members (excludes halogenated alkanes) is 1. The van der Waals surface area contributed by atoms with Crippen molar-refractivity contribution in [1.29, 1.82) is 0 Å². The van der Waals surface area contributed by atoms with Crippen molar-refractivity contribution in [1.82, 2.24) is 24.5 Å². The average molecular weight is 373 g/mol. The van der Waals surface area contributed by atoms with E-state index >= 15 is 0 Å². The Morgan fingerprint density at radius 3 is 2.62 bits per heavy atom. The summed E-state index contributed by atoms with van der Waals surface area (Å²) in [6.07, 6.45) is 9.73. The molecule has 0 bridgehead atoms. The van der Waals surface area contributed by atoms with Crippen molar-refractivity contribution in [2.45, 2.75) is 51.2 Å². The zero-order valence-corrected chi connectivity index (χ0v) is 15.9. The Balaban J connectivity index is 1.71. The molecule has 0 aliphatic rings. The number of aryl methyl sites for hydroxylation is 3. The summed E-state index contributed by atoms with van der Waals surface area (Å²) >= 11 is 0. The van der Waals surface area contributed by atoms with Crippen LogP contribution in [0.1, 0.15) is 37.6 Å². The van der Waals surface area contributed by atoms with E-state index in [4.69, 9.17) is 4.98 Å². The van der Waals surface area contributed by atoms with Crippen LogP contribution in [-0.4, -0.2) is 38.7 Å². The third-order valence-corrected chi connectivity index (χ3v) is 5.84. The fourth-order valence-electron chi connectivity index (χ4n) is 3.06. The fourth-order valence-corrected chi connectivity index (χ4v) is 4.27. The van der Waals surface area contributed by atoms with Gasteiger partial charge in [0.25, 0.3) is 0 Å². The van der Waals surface area contributed by atoms with Gasteiger partial charge in [-0.25, -0.2) is 23.4 Å². The van der Waals surface area contributed by atoms with E-state index in [1.807, 2.05) is 13.1 Å². The summed E-state index contributed by atoms with van der Waals surface area (Å²) in [6, 6.07) is 1.61. The fraction of sp³-hybridized carbons (Fsp3) is 0.444. The Hall–Kier alpha value is -2.35. The maximum atomic E-state index is 12.3. The van der Waals surface area contributed by atoms with Gasteiger partial charge in [-0.3, -0.25) is 4.98 Å². The molecule has 3 aromatic heterocycles. The van der Waals surface area contributed by atoms with Gasteiger partial charge in [-0.2, -0.15) is 0 Å². The number of sulfone groups is 1. The minimum absolute atomic E-state index is 0.0489. The summed E-state index contributed by atoms with van der Waals surface area (Å²) in [5.74, 6) is 1.08. The Morgan fingerprint density at radius 1 is 1.12 bits per heavy atom. The van der Waals surface area contributed by atoms with Crippen LogP contribution in [0.25, 0.3) is 11.0 Å². The van der Waals surface area contributed by atoms with Crippen LogP contribution in [0.2, 0.25) is 0 Å². The molecule has 3 rings (SSSR count). The van der Waals surface area contributed by atoms with Gasteiger partial charge in [0.05, 0.1) is 17.5 Å². The highest BCUT2D eigenvalue weighted by atomic mass is 32.2. The summed E-state index contributed by atoms with van der Waals surface area (Å²) < 4.78 is 26.8. The summed E-state index contributed by atoms with van der Waals surface area (Å²) in [7, 11) is -3.43. The van der Waals surface area contributed by atoms with Gasteiger partial charge in [0.2, 0.25) is 15.0 Å². The SMILES string of the molecule is CCCc1nc2cncc(C)c2n1CCCCS(=O)(=O)c1ncccn1. The number of hydrogen-bond acceptors (Lipinski definition) is 6. The van der Waals surface area contributed by atoms with Crippen molar-refractivity contribution in [2.75, 3.05) is 5.75 Å². The highest BCUT2D eigenvalue weighted by Crippen LogP contribution is 2.21. The highest BCUT2D eigenvalue weighted by Gasteiger charge is 2.17. The predicted octanol–water partition coefficient (Wildman–Crippen LogP) is 2.74. The Bertz CT molecular complexity index is 983. The van der Waals surface area contributed by atoms with Crippen molar-refractivity contribution in [3.63, 3.8) is 0 Å². The lowest BCUT2D eigenvalue weighted by molar-refractivity contribution is 0.572. The molecule has 0 N–H and O–H groups in total. The first-order chi connectivity index (χ1) is 12.5. The van der Waals surface area contributed by atoms with E-state index in [1.165, 1.54) is 12.4 Å². The molecule has 26 heavy (non-hydrogen) atoms. The van der Waals surface area contributed by atoms with E-state index < -0.39 is 9.84 Å².